The van der Waals surface area contributed by atoms with Crippen LogP contribution in [0.2, 0.25) is 0 Å². The van der Waals surface area contributed by atoms with E-state index in [1.54, 1.807) is 5.32 Å². The van der Waals surface area contributed by atoms with Crippen molar-refractivity contribution in [2.45, 2.75) is 44.3 Å². The number of hydrogen-bond donors (Lipinski definition) is 1. The Bertz CT molecular complexity index is 847. The second-order valence-electron chi connectivity index (χ2n) is 7.00. The van der Waals surface area contributed by atoms with Crippen molar-refractivity contribution in [2.75, 3.05) is 13.2 Å². The van der Waals surface area contributed by atoms with Gasteiger partial charge in [0.15, 0.2) is 6.61 Å². The molecule has 0 radical (unpaired) electrons. The number of ether oxygens (including phenoxy) is 1. The molecule has 1 heterocycles. The number of imide groups is 1. The van der Waals surface area contributed by atoms with Crippen molar-refractivity contribution >= 4 is 23.7 Å². The van der Waals surface area contributed by atoms with Gasteiger partial charge in [0.2, 0.25) is 0 Å². The van der Waals surface area contributed by atoms with Gasteiger partial charge in [-0.05, 0) is 31.0 Å². The Labute approximate surface area is 164 Å². The topological polar surface area (TPSA) is 92.8 Å². The van der Waals surface area contributed by atoms with Gasteiger partial charge in [0, 0.05) is 6.04 Å². The highest BCUT2D eigenvalue weighted by Gasteiger charge is 2.40. The molecule has 0 saturated heterocycles. The first-order chi connectivity index (χ1) is 13.7. The van der Waals surface area contributed by atoms with Gasteiger partial charge in [0.25, 0.3) is 17.7 Å². The lowest BCUT2D eigenvalue weighted by molar-refractivity contribution is -0.140. The molecule has 1 N–H and O–H groups in total. The summed E-state index contributed by atoms with van der Waals surface area (Å²) < 4.78 is 40.9. The van der Waals surface area contributed by atoms with Crippen LogP contribution in [0.15, 0.2) is 18.2 Å². The summed E-state index contributed by atoms with van der Waals surface area (Å²) in [5.41, 5.74) is 0.204. The first kappa shape index (κ1) is 20.8. The highest BCUT2D eigenvalue weighted by molar-refractivity contribution is 6.22. The number of benzene rings is 1. The molecule has 0 atom stereocenters. The number of alkyl halides is 3. The molecule has 1 aliphatic heterocycles. The van der Waals surface area contributed by atoms with Crippen LogP contribution in [-0.2, 0) is 9.53 Å². The lowest BCUT2D eigenvalue weighted by Gasteiger charge is -2.29. The molecule has 156 valence electrons. The van der Waals surface area contributed by atoms with Gasteiger partial charge in [0.1, 0.15) is 6.54 Å². The monoisotopic (exact) mass is 412 g/mol. The summed E-state index contributed by atoms with van der Waals surface area (Å²) in [4.78, 5) is 50.0. The summed E-state index contributed by atoms with van der Waals surface area (Å²) in [5.74, 6) is -2.96. The van der Waals surface area contributed by atoms with Crippen LogP contribution in [0, 0.1) is 0 Å². The van der Waals surface area contributed by atoms with E-state index in [0.29, 0.717) is 0 Å². The average Bonchev–Trinajstić information content (AvgIpc) is 2.94. The summed E-state index contributed by atoms with van der Waals surface area (Å²) in [6.45, 7) is -2.43. The molecule has 2 aliphatic rings. The molecule has 1 fully saturated rings. The smallest absolute Gasteiger partial charge is 0.405 e. The minimum Gasteiger partial charge on any atom is -0.452 e. The standard InChI is InChI=1S/C19H19F3N2O5/c20-19(21,22)10-23-15(25)9-29-18(28)11-6-7-13-14(8-11)17(27)24(16(13)26)12-4-2-1-3-5-12/h6-8,12H,1-5,9-10H2,(H,23,25). The number of esters is 1. The minimum absolute atomic E-state index is 0.0704. The molecule has 0 spiro atoms. The van der Waals surface area contributed by atoms with Crippen LogP contribution in [0.5, 0.6) is 0 Å². The van der Waals surface area contributed by atoms with E-state index in [4.69, 9.17) is 4.74 Å². The molecule has 3 rings (SSSR count). The largest absolute Gasteiger partial charge is 0.452 e. The summed E-state index contributed by atoms with van der Waals surface area (Å²) in [6, 6.07) is 3.68. The van der Waals surface area contributed by atoms with E-state index >= 15 is 0 Å². The fraction of sp³-hybridized carbons (Fsp3) is 0.474. The minimum atomic E-state index is -4.57. The molecule has 0 bridgehead atoms. The van der Waals surface area contributed by atoms with Gasteiger partial charge in [-0.25, -0.2) is 4.79 Å². The maximum Gasteiger partial charge on any atom is 0.405 e. The predicted molar refractivity (Wildman–Crippen MR) is 93.2 cm³/mol. The van der Waals surface area contributed by atoms with Crippen molar-refractivity contribution in [1.82, 2.24) is 10.2 Å². The van der Waals surface area contributed by atoms with Crippen molar-refractivity contribution in [3.63, 3.8) is 0 Å². The van der Waals surface area contributed by atoms with Crippen molar-refractivity contribution in [2.24, 2.45) is 0 Å². The van der Waals surface area contributed by atoms with Gasteiger partial charge in [-0.1, -0.05) is 19.3 Å². The van der Waals surface area contributed by atoms with E-state index in [2.05, 4.69) is 0 Å². The van der Waals surface area contributed by atoms with E-state index < -0.39 is 43.0 Å². The number of rotatable bonds is 5. The quantitative estimate of drug-likeness (QED) is 0.593. The predicted octanol–water partition coefficient (Wildman–Crippen LogP) is 2.45. The number of halogens is 3. The fourth-order valence-corrected chi connectivity index (χ4v) is 3.52. The van der Waals surface area contributed by atoms with Crippen LogP contribution in [-0.4, -0.2) is 54.0 Å². The van der Waals surface area contributed by atoms with Crippen LogP contribution >= 0.6 is 0 Å². The van der Waals surface area contributed by atoms with Crippen LogP contribution in [0.25, 0.3) is 0 Å². The number of fused-ring (bicyclic) bond motifs is 1. The number of hydrogen-bond acceptors (Lipinski definition) is 5. The number of amides is 3. The molecule has 1 aromatic carbocycles. The number of carbonyl (C=O) groups excluding carboxylic acids is 4. The molecule has 1 aromatic rings. The number of carbonyl (C=O) groups is 4. The maximum absolute atomic E-state index is 12.7. The number of nitrogens with one attached hydrogen (secondary N) is 1. The fourth-order valence-electron chi connectivity index (χ4n) is 3.52. The second kappa shape index (κ2) is 8.22. The zero-order valence-electron chi connectivity index (χ0n) is 15.4. The third kappa shape index (κ3) is 4.75. The highest BCUT2D eigenvalue weighted by atomic mass is 19.4. The normalized spacial score (nSPS) is 17.3. The van der Waals surface area contributed by atoms with Crippen molar-refractivity contribution < 1.29 is 37.1 Å². The Balaban J connectivity index is 1.64. The second-order valence-corrected chi connectivity index (χ2v) is 7.00. The molecule has 1 aliphatic carbocycles. The summed E-state index contributed by atoms with van der Waals surface area (Å²) in [5, 5.41) is 1.58. The molecule has 3 amide bonds. The first-order valence-electron chi connectivity index (χ1n) is 9.20. The zero-order chi connectivity index (χ0) is 21.2. The van der Waals surface area contributed by atoms with Crippen LogP contribution in [0.3, 0.4) is 0 Å². The third-order valence-electron chi connectivity index (χ3n) is 4.91. The van der Waals surface area contributed by atoms with Crippen LogP contribution < -0.4 is 5.32 Å². The van der Waals surface area contributed by atoms with E-state index in [9.17, 15) is 32.3 Å². The van der Waals surface area contributed by atoms with E-state index in [0.717, 1.165) is 32.1 Å². The van der Waals surface area contributed by atoms with Crippen molar-refractivity contribution in [3.05, 3.63) is 34.9 Å². The lowest BCUT2D eigenvalue weighted by Crippen LogP contribution is -2.40. The van der Waals surface area contributed by atoms with Crippen LogP contribution in [0.1, 0.15) is 63.2 Å². The van der Waals surface area contributed by atoms with Gasteiger partial charge in [-0.3, -0.25) is 19.3 Å². The van der Waals surface area contributed by atoms with Gasteiger partial charge in [-0.2, -0.15) is 13.2 Å². The number of nitrogens with zero attached hydrogens (tertiary/aromatic N) is 1. The zero-order valence-corrected chi connectivity index (χ0v) is 15.4. The Morgan fingerprint density at radius 3 is 2.38 bits per heavy atom. The van der Waals surface area contributed by atoms with Gasteiger partial charge < -0.3 is 10.1 Å². The molecule has 0 unspecified atom stereocenters. The Morgan fingerprint density at radius 2 is 1.72 bits per heavy atom. The summed E-state index contributed by atoms with van der Waals surface area (Å²) in [7, 11) is 0. The molecule has 0 aromatic heterocycles. The Morgan fingerprint density at radius 1 is 1.07 bits per heavy atom. The van der Waals surface area contributed by atoms with Crippen molar-refractivity contribution in [1.29, 1.82) is 0 Å². The average molecular weight is 412 g/mol. The summed E-state index contributed by atoms with van der Waals surface area (Å²) in [6.07, 6.45) is -0.151. The van der Waals surface area contributed by atoms with Gasteiger partial charge >= 0.3 is 12.1 Å². The molecular formula is C19H19F3N2O5. The third-order valence-corrected chi connectivity index (χ3v) is 4.91. The SMILES string of the molecule is O=C(COC(=O)c1ccc2c(c1)C(=O)N(C1CCCCC1)C2=O)NCC(F)(F)F. The van der Waals surface area contributed by atoms with Crippen molar-refractivity contribution in [3.8, 4) is 0 Å². The maximum atomic E-state index is 12.7. The van der Waals surface area contributed by atoms with E-state index in [1.807, 2.05) is 0 Å². The lowest BCUT2D eigenvalue weighted by atomic mass is 9.94. The first-order valence-corrected chi connectivity index (χ1v) is 9.20. The van der Waals surface area contributed by atoms with E-state index in [1.165, 1.54) is 23.1 Å². The molecule has 1 saturated carbocycles. The molecule has 10 heteroatoms. The summed E-state index contributed by atoms with van der Waals surface area (Å²) >= 11 is 0. The van der Waals surface area contributed by atoms with E-state index in [-0.39, 0.29) is 22.7 Å². The Hall–Kier alpha value is -2.91. The highest BCUT2D eigenvalue weighted by Crippen LogP contribution is 2.31. The Kier molecular flexibility index (Phi) is 5.90. The van der Waals surface area contributed by atoms with Crippen LogP contribution in [0.4, 0.5) is 13.2 Å². The molecule has 7 nitrogen and oxygen atoms in total. The van der Waals surface area contributed by atoms with Gasteiger partial charge in [0.05, 0.1) is 16.7 Å². The molecule has 29 heavy (non-hydrogen) atoms. The van der Waals surface area contributed by atoms with Gasteiger partial charge in [-0.15, -0.1) is 0 Å². The molecular weight excluding hydrogens is 393 g/mol.